The third kappa shape index (κ3) is 4.24. The van der Waals surface area contributed by atoms with Gasteiger partial charge in [0, 0.05) is 27.1 Å². The van der Waals surface area contributed by atoms with Crippen molar-refractivity contribution in [2.45, 2.75) is 32.4 Å². The second kappa shape index (κ2) is 6.30. The average molecular weight is 360 g/mol. The number of hydrogen-bond acceptors (Lipinski definition) is 4. The summed E-state index contributed by atoms with van der Waals surface area (Å²) in [6.45, 7) is 8.43. The number of halogens is 1. The predicted octanol–water partition coefficient (Wildman–Crippen LogP) is 4.08. The molecule has 2 rings (SSSR count). The minimum absolute atomic E-state index is 0.546. The highest BCUT2D eigenvalue weighted by atomic mass is 79.9. The zero-order valence-electron chi connectivity index (χ0n) is 11.4. The fourth-order valence-electron chi connectivity index (χ4n) is 1.54. The normalized spacial score (nSPS) is 12.0. The van der Waals surface area contributed by atoms with Crippen LogP contribution in [0.5, 0.6) is 0 Å². The first-order chi connectivity index (χ1) is 8.97. The molecule has 104 valence electrons. The Morgan fingerprint density at radius 3 is 2.79 bits per heavy atom. The average Bonchev–Trinajstić information content (AvgIpc) is 2.91. The molecule has 2 aromatic heterocycles. The van der Waals surface area contributed by atoms with Gasteiger partial charge in [-0.15, -0.1) is 11.3 Å². The fourth-order valence-corrected chi connectivity index (χ4v) is 3.68. The Kier molecular flexibility index (Phi) is 4.94. The van der Waals surface area contributed by atoms with Crippen molar-refractivity contribution >= 4 is 35.3 Å². The summed E-state index contributed by atoms with van der Waals surface area (Å²) in [6.07, 6.45) is 3.74. The molecule has 0 fully saturated rings. The Hall–Kier alpha value is -0.503. The summed E-state index contributed by atoms with van der Waals surface area (Å²) in [4.78, 5) is 9.61. The molecule has 0 aliphatic carbocycles. The number of ether oxygens (including phenoxy) is 1. The van der Waals surface area contributed by atoms with Gasteiger partial charge in [0.1, 0.15) is 16.2 Å². The fraction of sp³-hybridized carbons (Fsp3) is 0.500. The van der Waals surface area contributed by atoms with Crippen LogP contribution in [0.3, 0.4) is 0 Å². The topological polar surface area (TPSA) is 39.9 Å². The van der Waals surface area contributed by atoms with Crippen molar-refractivity contribution in [3.05, 3.63) is 22.5 Å². The summed E-state index contributed by atoms with van der Waals surface area (Å²) in [5.41, 5.74) is 1.81. The molecule has 2 heterocycles. The molecule has 0 spiro atoms. The molecule has 0 atom stereocenters. The quantitative estimate of drug-likeness (QED) is 0.576. The molecule has 0 aliphatic rings. The second-order valence-electron chi connectivity index (χ2n) is 5.54. The first kappa shape index (κ1) is 14.9. The number of aromatic nitrogens is 3. The van der Waals surface area contributed by atoms with Gasteiger partial charge in [0.25, 0.3) is 0 Å². The highest BCUT2D eigenvalue weighted by molar-refractivity contribution is 9.10. The highest BCUT2D eigenvalue weighted by Crippen LogP contribution is 2.29. The molecule has 0 radical (unpaired) electrons. The summed E-state index contributed by atoms with van der Waals surface area (Å²) >= 11 is 5.02. The van der Waals surface area contributed by atoms with Gasteiger partial charge in [-0.3, -0.25) is 0 Å². The molecular formula is C12H18BrN3OSSi. The summed E-state index contributed by atoms with van der Waals surface area (Å²) in [7, 11) is -1.02. The maximum Gasteiger partial charge on any atom is 0.154 e. The smallest absolute Gasteiger partial charge is 0.154 e. The largest absolute Gasteiger partial charge is 0.361 e. The minimum Gasteiger partial charge on any atom is -0.361 e. The van der Waals surface area contributed by atoms with Crippen molar-refractivity contribution in [2.75, 3.05) is 6.61 Å². The van der Waals surface area contributed by atoms with Crippen LogP contribution in [0.1, 0.15) is 0 Å². The maximum atomic E-state index is 5.76. The van der Waals surface area contributed by atoms with Crippen LogP contribution in [0.2, 0.25) is 25.7 Å². The molecule has 0 aromatic carbocycles. The summed E-state index contributed by atoms with van der Waals surface area (Å²) < 4.78 is 8.62. The van der Waals surface area contributed by atoms with Gasteiger partial charge in [0.15, 0.2) is 5.82 Å². The molecule has 0 saturated heterocycles. The van der Waals surface area contributed by atoms with Gasteiger partial charge in [-0.05, 0) is 22.0 Å². The Bertz CT molecular complexity index is 535. The third-order valence-corrected chi connectivity index (χ3v) is 6.06. The van der Waals surface area contributed by atoms with E-state index in [0.29, 0.717) is 6.73 Å². The molecule has 19 heavy (non-hydrogen) atoms. The molecule has 0 amide bonds. The molecule has 0 unspecified atom stereocenters. The van der Waals surface area contributed by atoms with Gasteiger partial charge < -0.3 is 9.30 Å². The van der Waals surface area contributed by atoms with E-state index in [4.69, 9.17) is 4.74 Å². The van der Waals surface area contributed by atoms with E-state index in [-0.39, 0.29) is 0 Å². The van der Waals surface area contributed by atoms with Gasteiger partial charge in [-0.2, -0.15) is 0 Å². The van der Waals surface area contributed by atoms with E-state index in [9.17, 15) is 0 Å². The van der Waals surface area contributed by atoms with Crippen molar-refractivity contribution in [1.82, 2.24) is 14.5 Å². The van der Waals surface area contributed by atoms with Crippen molar-refractivity contribution in [1.29, 1.82) is 0 Å². The van der Waals surface area contributed by atoms with Crippen LogP contribution < -0.4 is 0 Å². The third-order valence-electron chi connectivity index (χ3n) is 2.67. The molecule has 0 aliphatic heterocycles. The van der Waals surface area contributed by atoms with Crippen molar-refractivity contribution in [2.24, 2.45) is 0 Å². The Balaban J connectivity index is 1.96. The molecule has 7 heteroatoms. The van der Waals surface area contributed by atoms with Crippen LogP contribution in [-0.4, -0.2) is 29.2 Å². The van der Waals surface area contributed by atoms with E-state index in [1.165, 1.54) is 6.04 Å². The van der Waals surface area contributed by atoms with E-state index in [0.717, 1.165) is 21.9 Å². The van der Waals surface area contributed by atoms with Gasteiger partial charge in [0.05, 0.1) is 5.51 Å². The lowest BCUT2D eigenvalue weighted by Gasteiger charge is -2.15. The Morgan fingerprint density at radius 1 is 1.37 bits per heavy atom. The number of nitrogens with zero attached hydrogens (tertiary/aromatic N) is 3. The summed E-state index contributed by atoms with van der Waals surface area (Å²) in [5.74, 6) is 0.905. The van der Waals surface area contributed by atoms with Crippen LogP contribution in [0.25, 0.3) is 10.7 Å². The van der Waals surface area contributed by atoms with Crippen LogP contribution in [0.4, 0.5) is 0 Å². The lowest BCUT2D eigenvalue weighted by atomic mass is 10.5. The van der Waals surface area contributed by atoms with Crippen LogP contribution in [0.15, 0.2) is 22.5 Å². The maximum absolute atomic E-state index is 5.76. The van der Waals surface area contributed by atoms with Gasteiger partial charge in [0.2, 0.25) is 0 Å². The Labute approximate surface area is 127 Å². The van der Waals surface area contributed by atoms with Gasteiger partial charge in [-0.1, -0.05) is 19.6 Å². The van der Waals surface area contributed by atoms with E-state index in [1.807, 2.05) is 16.3 Å². The summed E-state index contributed by atoms with van der Waals surface area (Å²) in [5, 5.41) is 0. The van der Waals surface area contributed by atoms with E-state index >= 15 is 0 Å². The zero-order valence-corrected chi connectivity index (χ0v) is 14.8. The minimum atomic E-state index is -1.02. The molecule has 4 nitrogen and oxygen atoms in total. The number of rotatable bonds is 6. The van der Waals surface area contributed by atoms with Crippen LogP contribution in [0, 0.1) is 0 Å². The SMILES string of the molecule is C[Si](C)(C)CCOCn1ccnc1-c1scnc1Br. The lowest BCUT2D eigenvalue weighted by Crippen LogP contribution is -2.22. The first-order valence-corrected chi connectivity index (χ1v) is 11.5. The number of hydrogen-bond donors (Lipinski definition) is 0. The van der Waals surface area contributed by atoms with E-state index in [2.05, 4.69) is 45.5 Å². The van der Waals surface area contributed by atoms with Gasteiger partial charge >= 0.3 is 0 Å². The standard InChI is InChI=1S/C12H18BrN3OSSi/c1-19(2,3)7-6-17-9-16-5-4-14-12(16)10-11(13)15-8-18-10/h4-5,8H,6-7,9H2,1-3H3. The lowest BCUT2D eigenvalue weighted by molar-refractivity contribution is 0.0883. The van der Waals surface area contributed by atoms with E-state index in [1.54, 1.807) is 17.5 Å². The van der Waals surface area contributed by atoms with Crippen LogP contribution >= 0.6 is 27.3 Å². The van der Waals surface area contributed by atoms with Crippen molar-refractivity contribution < 1.29 is 4.74 Å². The monoisotopic (exact) mass is 359 g/mol. The number of thiazole rings is 1. The van der Waals surface area contributed by atoms with Gasteiger partial charge in [-0.25, -0.2) is 9.97 Å². The predicted molar refractivity (Wildman–Crippen MR) is 85.1 cm³/mol. The molecule has 2 aromatic rings. The van der Waals surface area contributed by atoms with Crippen LogP contribution in [-0.2, 0) is 11.5 Å². The second-order valence-corrected chi connectivity index (χ2v) is 12.8. The van der Waals surface area contributed by atoms with Crippen molar-refractivity contribution in [3.63, 3.8) is 0 Å². The van der Waals surface area contributed by atoms with E-state index < -0.39 is 8.07 Å². The first-order valence-electron chi connectivity index (χ1n) is 6.15. The molecule has 0 N–H and O–H groups in total. The Morgan fingerprint density at radius 2 is 2.16 bits per heavy atom. The van der Waals surface area contributed by atoms with Crippen molar-refractivity contribution in [3.8, 4) is 10.7 Å². The molecule has 0 bridgehead atoms. The number of imidazole rings is 1. The summed E-state index contributed by atoms with van der Waals surface area (Å²) in [6, 6.07) is 1.18. The molecule has 0 saturated carbocycles. The molecular weight excluding hydrogens is 342 g/mol. The zero-order chi connectivity index (χ0) is 13.9. The highest BCUT2D eigenvalue weighted by Gasteiger charge is 2.14.